The van der Waals surface area contributed by atoms with Gasteiger partial charge in [-0.3, -0.25) is 14.1 Å². The van der Waals surface area contributed by atoms with Gasteiger partial charge in [0.25, 0.3) is 15.7 Å². The molecule has 23 heavy (non-hydrogen) atoms. The van der Waals surface area contributed by atoms with E-state index in [-0.39, 0.29) is 11.3 Å². The van der Waals surface area contributed by atoms with Crippen molar-refractivity contribution in [2.75, 3.05) is 5.32 Å². The van der Waals surface area contributed by atoms with Gasteiger partial charge in [0, 0.05) is 18.6 Å². The summed E-state index contributed by atoms with van der Waals surface area (Å²) in [4.78, 5) is 23.5. The molecule has 8 nitrogen and oxygen atoms in total. The van der Waals surface area contributed by atoms with E-state index >= 15 is 0 Å². The lowest BCUT2D eigenvalue weighted by molar-refractivity contribution is -0.114. The summed E-state index contributed by atoms with van der Waals surface area (Å²) < 4.78 is 32.0. The molecule has 0 saturated heterocycles. The van der Waals surface area contributed by atoms with Crippen LogP contribution in [0.4, 0.5) is 5.69 Å². The van der Waals surface area contributed by atoms with Crippen molar-refractivity contribution in [2.24, 2.45) is 0 Å². The molecule has 0 unspecified atom stereocenters. The van der Waals surface area contributed by atoms with Gasteiger partial charge >= 0.3 is 0 Å². The van der Waals surface area contributed by atoms with Gasteiger partial charge in [-0.25, -0.2) is 4.57 Å². The van der Waals surface area contributed by atoms with E-state index in [1.165, 1.54) is 0 Å². The van der Waals surface area contributed by atoms with Crippen LogP contribution in [0.5, 0.6) is 5.88 Å². The molecular formula is C14H14N2O6S. The number of aromatic nitrogens is 1. The topological polar surface area (TPSA) is 126 Å². The van der Waals surface area contributed by atoms with E-state index in [0.717, 1.165) is 17.6 Å². The number of pyridine rings is 1. The fourth-order valence-corrected chi connectivity index (χ4v) is 2.72. The average Bonchev–Trinajstić information content (AvgIpc) is 2.42. The van der Waals surface area contributed by atoms with Crippen LogP contribution in [0.3, 0.4) is 0 Å². The molecule has 0 atom stereocenters. The summed E-state index contributed by atoms with van der Waals surface area (Å²) >= 11 is 0. The van der Waals surface area contributed by atoms with Gasteiger partial charge in [0.05, 0.1) is 5.69 Å². The Bertz CT molecular complexity index is 903. The predicted molar refractivity (Wildman–Crippen MR) is 83.3 cm³/mol. The molecule has 0 aliphatic heterocycles. The number of hydrogen-bond acceptors (Lipinski definition) is 5. The summed E-state index contributed by atoms with van der Waals surface area (Å²) in [5, 5.41) is 12.6. The third-order valence-electron chi connectivity index (χ3n) is 2.93. The first-order valence-electron chi connectivity index (χ1n) is 6.45. The molecule has 0 aliphatic rings. The maximum atomic E-state index is 12.2. The number of rotatable bonds is 4. The monoisotopic (exact) mass is 338 g/mol. The van der Waals surface area contributed by atoms with Crippen LogP contribution >= 0.6 is 0 Å². The Labute approximate surface area is 131 Å². The lowest BCUT2D eigenvalue weighted by Gasteiger charge is -2.16. The van der Waals surface area contributed by atoms with Crippen molar-refractivity contribution in [3.8, 4) is 11.6 Å². The Morgan fingerprint density at radius 3 is 2.39 bits per heavy atom. The van der Waals surface area contributed by atoms with E-state index in [0.29, 0.717) is 5.69 Å². The quantitative estimate of drug-likeness (QED) is 0.711. The summed E-state index contributed by atoms with van der Waals surface area (Å²) in [6, 6.07) is 9.05. The Hall–Kier alpha value is -2.65. The van der Waals surface area contributed by atoms with Crippen molar-refractivity contribution in [1.29, 1.82) is 0 Å². The van der Waals surface area contributed by atoms with Crippen LogP contribution in [-0.4, -0.2) is 28.6 Å². The first-order valence-corrected chi connectivity index (χ1v) is 8.06. The SMILES string of the molecule is CC(=O)Nc1c(CS(=O)(=O)O)cc(=O)n(-c2ccccc2)c1O. The Morgan fingerprint density at radius 1 is 1.26 bits per heavy atom. The van der Waals surface area contributed by atoms with Crippen LogP contribution < -0.4 is 10.9 Å². The number of amides is 1. The zero-order valence-corrected chi connectivity index (χ0v) is 12.9. The van der Waals surface area contributed by atoms with Crippen molar-refractivity contribution in [2.45, 2.75) is 12.7 Å². The number of hydrogen-bond donors (Lipinski definition) is 3. The van der Waals surface area contributed by atoms with Gasteiger partial charge in [-0.1, -0.05) is 18.2 Å². The second kappa shape index (κ2) is 6.23. The summed E-state index contributed by atoms with van der Waals surface area (Å²) in [5.74, 6) is -2.12. The van der Waals surface area contributed by atoms with E-state index in [9.17, 15) is 23.1 Å². The molecule has 3 N–H and O–H groups in total. The maximum Gasteiger partial charge on any atom is 0.269 e. The number of anilines is 1. The minimum absolute atomic E-state index is 0.211. The lowest BCUT2D eigenvalue weighted by Crippen LogP contribution is -2.22. The Morgan fingerprint density at radius 2 is 1.87 bits per heavy atom. The number of carbonyl (C=O) groups is 1. The van der Waals surface area contributed by atoms with Crippen molar-refractivity contribution in [3.63, 3.8) is 0 Å². The zero-order valence-electron chi connectivity index (χ0n) is 12.1. The molecule has 0 saturated carbocycles. The zero-order chi connectivity index (χ0) is 17.2. The number of para-hydroxylation sites is 1. The summed E-state index contributed by atoms with van der Waals surface area (Å²) in [6.45, 7) is 1.16. The van der Waals surface area contributed by atoms with E-state index in [1.807, 2.05) is 0 Å². The highest BCUT2D eigenvalue weighted by Crippen LogP contribution is 2.29. The number of carbonyl (C=O) groups excluding carboxylic acids is 1. The van der Waals surface area contributed by atoms with Crippen LogP contribution in [0.25, 0.3) is 5.69 Å². The number of nitrogens with zero attached hydrogens (tertiary/aromatic N) is 1. The van der Waals surface area contributed by atoms with Crippen molar-refractivity contribution < 1.29 is 22.9 Å². The number of nitrogens with one attached hydrogen (secondary N) is 1. The van der Waals surface area contributed by atoms with Crippen LogP contribution in [-0.2, 0) is 20.7 Å². The summed E-state index contributed by atoms with van der Waals surface area (Å²) in [5.41, 5.74) is -0.836. The molecule has 0 radical (unpaired) electrons. The molecule has 1 aromatic carbocycles. The van der Waals surface area contributed by atoms with E-state index in [2.05, 4.69) is 5.32 Å². The Kier molecular flexibility index (Phi) is 4.52. The smallest absolute Gasteiger partial charge is 0.269 e. The normalized spacial score (nSPS) is 11.2. The second-order valence-electron chi connectivity index (χ2n) is 4.78. The van der Waals surface area contributed by atoms with Gasteiger partial charge in [0.2, 0.25) is 11.8 Å². The number of benzene rings is 1. The van der Waals surface area contributed by atoms with Gasteiger partial charge in [-0.15, -0.1) is 0 Å². The Balaban J connectivity index is 2.73. The van der Waals surface area contributed by atoms with Gasteiger partial charge < -0.3 is 10.4 Å². The van der Waals surface area contributed by atoms with E-state index in [1.54, 1.807) is 30.3 Å². The molecule has 0 fully saturated rings. The third kappa shape index (κ3) is 3.96. The molecule has 9 heteroatoms. The predicted octanol–water partition coefficient (Wildman–Crippen LogP) is 0.889. The minimum Gasteiger partial charge on any atom is -0.493 e. The largest absolute Gasteiger partial charge is 0.493 e. The van der Waals surface area contributed by atoms with Crippen molar-refractivity contribution >= 4 is 21.7 Å². The van der Waals surface area contributed by atoms with E-state index in [4.69, 9.17) is 4.55 Å². The molecule has 1 aromatic heterocycles. The molecule has 1 heterocycles. The molecule has 2 rings (SSSR count). The summed E-state index contributed by atoms with van der Waals surface area (Å²) in [6.07, 6.45) is 0. The first kappa shape index (κ1) is 16.7. The molecule has 122 valence electrons. The highest BCUT2D eigenvalue weighted by atomic mass is 32.2. The van der Waals surface area contributed by atoms with Gasteiger partial charge in [0.1, 0.15) is 11.4 Å². The van der Waals surface area contributed by atoms with Crippen LogP contribution in [0.15, 0.2) is 41.2 Å². The van der Waals surface area contributed by atoms with Gasteiger partial charge in [0.15, 0.2) is 0 Å². The van der Waals surface area contributed by atoms with E-state index < -0.39 is 33.2 Å². The highest BCUT2D eigenvalue weighted by molar-refractivity contribution is 7.85. The molecule has 0 spiro atoms. The van der Waals surface area contributed by atoms with Crippen LogP contribution in [0.1, 0.15) is 12.5 Å². The van der Waals surface area contributed by atoms with Crippen molar-refractivity contribution in [3.05, 3.63) is 52.3 Å². The molecule has 2 aromatic rings. The molecule has 0 aliphatic carbocycles. The fourth-order valence-electron chi connectivity index (χ4n) is 2.09. The molecular weight excluding hydrogens is 324 g/mol. The minimum atomic E-state index is -4.46. The third-order valence-corrected chi connectivity index (χ3v) is 3.60. The maximum absolute atomic E-state index is 12.2. The molecule has 0 bridgehead atoms. The van der Waals surface area contributed by atoms with Gasteiger partial charge in [-0.05, 0) is 12.1 Å². The van der Waals surface area contributed by atoms with Gasteiger partial charge in [-0.2, -0.15) is 8.42 Å². The lowest BCUT2D eigenvalue weighted by atomic mass is 10.2. The summed E-state index contributed by atoms with van der Waals surface area (Å²) in [7, 11) is -4.46. The van der Waals surface area contributed by atoms with Crippen molar-refractivity contribution in [1.82, 2.24) is 4.57 Å². The van der Waals surface area contributed by atoms with Crippen LogP contribution in [0.2, 0.25) is 0 Å². The van der Waals surface area contributed by atoms with Crippen LogP contribution in [0, 0.1) is 0 Å². The molecule has 1 amide bonds. The average molecular weight is 338 g/mol. The standard InChI is InChI=1S/C14H14N2O6S/c1-9(17)15-13-10(8-23(20,21)22)7-12(18)16(14(13)19)11-5-3-2-4-6-11/h2-7,19H,8H2,1H3,(H,15,17)(H,20,21,22). The second-order valence-corrected chi connectivity index (χ2v) is 6.24. The fraction of sp³-hybridized carbons (Fsp3) is 0.143. The first-order chi connectivity index (χ1) is 10.7. The number of aromatic hydroxyl groups is 1. The highest BCUT2D eigenvalue weighted by Gasteiger charge is 2.20.